The largest absolute Gasteiger partial charge is 0.491 e. The van der Waals surface area contributed by atoms with E-state index < -0.39 is 0 Å². The lowest BCUT2D eigenvalue weighted by molar-refractivity contribution is 0.261. The molecule has 154 valence electrons. The Kier molecular flexibility index (Phi) is 6.09. The van der Waals surface area contributed by atoms with Crippen LogP contribution in [0, 0.1) is 12.8 Å². The van der Waals surface area contributed by atoms with Gasteiger partial charge in [-0.2, -0.15) is 0 Å². The van der Waals surface area contributed by atoms with Gasteiger partial charge in [0.15, 0.2) is 0 Å². The number of rotatable bonds is 3. The van der Waals surface area contributed by atoms with E-state index in [-0.39, 0.29) is 11.9 Å². The van der Waals surface area contributed by atoms with Crippen molar-refractivity contribution in [2.75, 3.05) is 17.2 Å². The third kappa shape index (κ3) is 4.51. The van der Waals surface area contributed by atoms with Crippen molar-refractivity contribution < 1.29 is 9.53 Å². The van der Waals surface area contributed by atoms with Gasteiger partial charge in [0, 0.05) is 21.6 Å². The number of hydrogen-bond donors (Lipinski definition) is 2. The highest BCUT2D eigenvalue weighted by atomic mass is 79.9. The minimum atomic E-state index is -0.295. The molecule has 1 aliphatic heterocycles. The minimum absolute atomic E-state index is 0.196. The van der Waals surface area contributed by atoms with Crippen molar-refractivity contribution in [3.8, 4) is 5.75 Å². The van der Waals surface area contributed by atoms with Crippen molar-refractivity contribution in [2.45, 2.75) is 26.2 Å². The summed E-state index contributed by atoms with van der Waals surface area (Å²) in [4.78, 5) is 12.7. The van der Waals surface area contributed by atoms with Gasteiger partial charge in [-0.25, -0.2) is 4.79 Å². The third-order valence-corrected chi connectivity index (χ3v) is 5.98. The number of aryl methyl sites for hydroxylation is 1. The number of fused-ring (bicyclic) bond motifs is 1. The number of carbonyl (C=O) groups excluding carboxylic acids is 1. The Hall–Kier alpha value is -2.79. The zero-order chi connectivity index (χ0) is 21.1. The SMILES string of the molecule is Cc1ccc(NC(=O)Nc2cc(Br)cc3c2OCCC(C)C3c2ccccc2)cc1. The van der Waals surface area contributed by atoms with Crippen molar-refractivity contribution in [1.29, 1.82) is 0 Å². The van der Waals surface area contributed by atoms with E-state index in [1.807, 2.05) is 43.3 Å². The summed E-state index contributed by atoms with van der Waals surface area (Å²) in [6.07, 6.45) is 0.945. The number of hydrogen-bond acceptors (Lipinski definition) is 2. The van der Waals surface area contributed by atoms with Crippen LogP contribution in [0.3, 0.4) is 0 Å². The topological polar surface area (TPSA) is 50.4 Å². The fourth-order valence-electron chi connectivity index (χ4n) is 4.01. The molecule has 0 radical (unpaired) electrons. The first-order valence-electron chi connectivity index (χ1n) is 10.2. The highest BCUT2D eigenvalue weighted by Crippen LogP contribution is 2.45. The van der Waals surface area contributed by atoms with Crippen LogP contribution in [0.4, 0.5) is 16.2 Å². The Labute approximate surface area is 185 Å². The molecule has 3 aromatic carbocycles. The van der Waals surface area contributed by atoms with Crippen LogP contribution in [-0.2, 0) is 0 Å². The lowest BCUT2D eigenvalue weighted by atomic mass is 9.80. The molecule has 0 spiro atoms. The van der Waals surface area contributed by atoms with E-state index in [9.17, 15) is 4.79 Å². The summed E-state index contributed by atoms with van der Waals surface area (Å²) in [6, 6.07) is 21.9. The summed E-state index contributed by atoms with van der Waals surface area (Å²) in [5, 5.41) is 5.87. The van der Waals surface area contributed by atoms with Gasteiger partial charge in [0.2, 0.25) is 0 Å². The lowest BCUT2D eigenvalue weighted by Crippen LogP contribution is -2.20. The Morgan fingerprint density at radius 1 is 1.03 bits per heavy atom. The summed E-state index contributed by atoms with van der Waals surface area (Å²) >= 11 is 3.62. The highest BCUT2D eigenvalue weighted by Gasteiger charge is 2.29. The van der Waals surface area contributed by atoms with E-state index in [4.69, 9.17) is 4.74 Å². The number of halogens is 1. The van der Waals surface area contributed by atoms with Crippen LogP contribution < -0.4 is 15.4 Å². The first-order chi connectivity index (χ1) is 14.5. The zero-order valence-corrected chi connectivity index (χ0v) is 18.7. The van der Waals surface area contributed by atoms with Crippen LogP contribution >= 0.6 is 15.9 Å². The Morgan fingerprint density at radius 3 is 2.50 bits per heavy atom. The summed E-state index contributed by atoms with van der Waals surface area (Å²) in [5.74, 6) is 1.36. The number of carbonyl (C=O) groups is 1. The Bertz CT molecular complexity index is 1040. The molecule has 0 bridgehead atoms. The van der Waals surface area contributed by atoms with Gasteiger partial charge in [0.25, 0.3) is 0 Å². The van der Waals surface area contributed by atoms with Crippen LogP contribution in [0.2, 0.25) is 0 Å². The van der Waals surface area contributed by atoms with Gasteiger partial charge in [0.1, 0.15) is 5.75 Å². The van der Waals surface area contributed by atoms with Gasteiger partial charge < -0.3 is 15.4 Å². The van der Waals surface area contributed by atoms with E-state index >= 15 is 0 Å². The first-order valence-corrected chi connectivity index (χ1v) is 11.0. The Morgan fingerprint density at radius 2 is 1.77 bits per heavy atom. The van der Waals surface area contributed by atoms with E-state index in [2.05, 4.69) is 63.8 Å². The molecule has 2 N–H and O–H groups in total. The van der Waals surface area contributed by atoms with Crippen LogP contribution in [0.5, 0.6) is 5.75 Å². The lowest BCUT2D eigenvalue weighted by Gasteiger charge is -2.24. The predicted octanol–water partition coefficient (Wildman–Crippen LogP) is 6.95. The van der Waals surface area contributed by atoms with Crippen molar-refractivity contribution in [3.63, 3.8) is 0 Å². The Balaban J connectivity index is 1.67. The molecule has 0 saturated carbocycles. The molecule has 0 saturated heterocycles. The van der Waals surface area contributed by atoms with Gasteiger partial charge in [-0.3, -0.25) is 0 Å². The average Bonchev–Trinajstić information content (AvgIpc) is 2.88. The molecule has 0 aliphatic carbocycles. The molecule has 3 aromatic rings. The van der Waals surface area contributed by atoms with Crippen LogP contribution in [-0.4, -0.2) is 12.6 Å². The monoisotopic (exact) mass is 464 g/mol. The molecule has 2 atom stereocenters. The second kappa shape index (κ2) is 8.92. The van der Waals surface area contributed by atoms with Gasteiger partial charge in [-0.15, -0.1) is 0 Å². The molecular weight excluding hydrogens is 440 g/mol. The van der Waals surface area contributed by atoms with Gasteiger partial charge in [-0.1, -0.05) is 70.9 Å². The molecule has 5 heteroatoms. The van der Waals surface area contributed by atoms with Crippen molar-refractivity contribution in [3.05, 3.63) is 87.9 Å². The van der Waals surface area contributed by atoms with Crippen LogP contribution in [0.1, 0.15) is 36.0 Å². The summed E-state index contributed by atoms with van der Waals surface area (Å²) in [5.41, 5.74) is 4.90. The maximum absolute atomic E-state index is 12.7. The average molecular weight is 465 g/mol. The van der Waals surface area contributed by atoms with E-state index in [0.717, 1.165) is 33.5 Å². The van der Waals surface area contributed by atoms with Crippen molar-refractivity contribution in [1.82, 2.24) is 0 Å². The van der Waals surface area contributed by atoms with Crippen molar-refractivity contribution >= 4 is 33.3 Å². The fraction of sp³-hybridized carbons (Fsp3) is 0.240. The zero-order valence-electron chi connectivity index (χ0n) is 17.1. The maximum Gasteiger partial charge on any atom is 0.323 e. The van der Waals surface area contributed by atoms with E-state index in [1.165, 1.54) is 5.56 Å². The minimum Gasteiger partial charge on any atom is -0.491 e. The fourth-order valence-corrected chi connectivity index (χ4v) is 4.49. The number of nitrogens with one attached hydrogen (secondary N) is 2. The number of urea groups is 1. The molecule has 4 nitrogen and oxygen atoms in total. The number of anilines is 2. The predicted molar refractivity (Wildman–Crippen MR) is 126 cm³/mol. The van der Waals surface area contributed by atoms with Crippen LogP contribution in [0.25, 0.3) is 0 Å². The molecular formula is C25H25BrN2O2. The van der Waals surface area contributed by atoms with Gasteiger partial charge in [-0.05, 0) is 49.1 Å². The maximum atomic E-state index is 12.7. The second-order valence-corrected chi connectivity index (χ2v) is 8.74. The molecule has 2 unspecified atom stereocenters. The summed E-state index contributed by atoms with van der Waals surface area (Å²) in [7, 11) is 0. The summed E-state index contributed by atoms with van der Waals surface area (Å²) in [6.45, 7) is 4.89. The molecule has 30 heavy (non-hydrogen) atoms. The van der Waals surface area contributed by atoms with E-state index in [1.54, 1.807) is 0 Å². The number of amides is 2. The normalized spacial score (nSPS) is 18.0. The smallest absolute Gasteiger partial charge is 0.323 e. The van der Waals surface area contributed by atoms with Crippen LogP contribution in [0.15, 0.2) is 71.2 Å². The molecule has 1 heterocycles. The van der Waals surface area contributed by atoms with Gasteiger partial charge >= 0.3 is 6.03 Å². The number of ether oxygens (including phenoxy) is 1. The third-order valence-electron chi connectivity index (χ3n) is 5.52. The van der Waals surface area contributed by atoms with E-state index in [0.29, 0.717) is 18.2 Å². The molecule has 0 aromatic heterocycles. The highest BCUT2D eigenvalue weighted by molar-refractivity contribution is 9.10. The first kappa shape index (κ1) is 20.5. The quantitative estimate of drug-likeness (QED) is 0.440. The number of benzene rings is 3. The second-order valence-electron chi connectivity index (χ2n) is 7.82. The molecule has 4 rings (SSSR count). The summed E-state index contributed by atoms with van der Waals surface area (Å²) < 4.78 is 7.07. The molecule has 0 fully saturated rings. The van der Waals surface area contributed by atoms with Crippen molar-refractivity contribution in [2.24, 2.45) is 5.92 Å². The van der Waals surface area contributed by atoms with Gasteiger partial charge in [0.05, 0.1) is 12.3 Å². The molecule has 2 amide bonds. The molecule has 1 aliphatic rings. The standard InChI is InChI=1S/C25H25BrN2O2/c1-16-8-10-20(11-9-16)27-25(29)28-22-15-19(26)14-21-23(18-6-4-3-5-7-18)17(2)12-13-30-24(21)22/h3-11,14-15,17,23H,12-13H2,1-2H3,(H2,27,28,29).